The minimum Gasteiger partial charge on any atom is -0.395 e. The lowest BCUT2D eigenvalue weighted by Crippen LogP contribution is -2.42. The van der Waals surface area contributed by atoms with Gasteiger partial charge in [-0.25, -0.2) is 4.79 Å². The molecule has 0 saturated carbocycles. The van der Waals surface area contributed by atoms with E-state index in [1.807, 2.05) is 19.1 Å². The van der Waals surface area contributed by atoms with Gasteiger partial charge in [0.1, 0.15) is 0 Å². The van der Waals surface area contributed by atoms with Gasteiger partial charge in [-0.2, -0.15) is 0 Å². The van der Waals surface area contributed by atoms with Crippen molar-refractivity contribution in [2.45, 2.75) is 26.7 Å². The van der Waals surface area contributed by atoms with E-state index in [4.69, 9.17) is 5.11 Å². The highest BCUT2D eigenvalue weighted by Crippen LogP contribution is 2.06. The number of hydrogen-bond acceptors (Lipinski definition) is 2. The normalized spacial score (nSPS) is 10.3. The molecule has 0 radical (unpaired) electrons. The van der Waals surface area contributed by atoms with Gasteiger partial charge < -0.3 is 15.3 Å². The van der Waals surface area contributed by atoms with Crippen LogP contribution >= 0.6 is 0 Å². The number of benzene rings is 1. The molecule has 1 aromatic carbocycles. The Morgan fingerprint density at radius 2 is 2.05 bits per heavy atom. The molecule has 0 heterocycles. The number of rotatable bonds is 7. The van der Waals surface area contributed by atoms with E-state index in [1.54, 1.807) is 4.90 Å². The quantitative estimate of drug-likeness (QED) is 0.791. The van der Waals surface area contributed by atoms with Gasteiger partial charge in [-0.3, -0.25) is 0 Å². The van der Waals surface area contributed by atoms with Crippen molar-refractivity contribution in [1.29, 1.82) is 0 Å². The van der Waals surface area contributed by atoms with Gasteiger partial charge >= 0.3 is 6.03 Å². The Labute approximate surface area is 115 Å². The van der Waals surface area contributed by atoms with E-state index in [2.05, 4.69) is 24.4 Å². The zero-order valence-electron chi connectivity index (χ0n) is 11.9. The fraction of sp³-hybridized carbons (Fsp3) is 0.533. The van der Waals surface area contributed by atoms with Crippen molar-refractivity contribution < 1.29 is 9.90 Å². The number of carbonyl (C=O) groups is 1. The maximum atomic E-state index is 11.9. The molecular weight excluding hydrogens is 240 g/mol. The molecule has 0 aliphatic rings. The van der Waals surface area contributed by atoms with Crippen LogP contribution in [0.25, 0.3) is 0 Å². The van der Waals surface area contributed by atoms with Gasteiger partial charge in [-0.05, 0) is 30.9 Å². The van der Waals surface area contributed by atoms with Gasteiger partial charge in [0.2, 0.25) is 0 Å². The highest BCUT2D eigenvalue weighted by Gasteiger charge is 2.10. The number of carbonyl (C=O) groups excluding carboxylic acids is 1. The fourth-order valence-electron chi connectivity index (χ4n) is 2.01. The Morgan fingerprint density at radius 1 is 1.32 bits per heavy atom. The molecule has 0 unspecified atom stereocenters. The van der Waals surface area contributed by atoms with Crippen molar-refractivity contribution in [3.05, 3.63) is 35.4 Å². The Kier molecular flexibility index (Phi) is 6.97. The molecule has 0 bridgehead atoms. The van der Waals surface area contributed by atoms with Gasteiger partial charge in [0.05, 0.1) is 6.61 Å². The monoisotopic (exact) mass is 264 g/mol. The summed E-state index contributed by atoms with van der Waals surface area (Å²) >= 11 is 0. The fourth-order valence-corrected chi connectivity index (χ4v) is 2.01. The molecule has 0 aliphatic carbocycles. The molecule has 4 nitrogen and oxygen atoms in total. The average Bonchev–Trinajstić information content (AvgIpc) is 2.40. The number of urea groups is 1. The van der Waals surface area contributed by atoms with E-state index in [0.717, 1.165) is 12.8 Å². The predicted molar refractivity (Wildman–Crippen MR) is 77.2 cm³/mol. The summed E-state index contributed by atoms with van der Waals surface area (Å²) in [4.78, 5) is 13.6. The van der Waals surface area contributed by atoms with Crippen LogP contribution in [0, 0.1) is 6.92 Å². The van der Waals surface area contributed by atoms with Crippen LogP contribution in [0.15, 0.2) is 24.3 Å². The van der Waals surface area contributed by atoms with Crippen LogP contribution in [-0.4, -0.2) is 42.3 Å². The third kappa shape index (κ3) is 5.30. The summed E-state index contributed by atoms with van der Waals surface area (Å²) in [6.45, 7) is 5.79. The highest BCUT2D eigenvalue weighted by atomic mass is 16.3. The van der Waals surface area contributed by atoms with Crippen LogP contribution in [0.5, 0.6) is 0 Å². The molecule has 2 amide bonds. The minimum atomic E-state index is -0.0931. The van der Waals surface area contributed by atoms with Gasteiger partial charge in [-0.1, -0.05) is 31.2 Å². The number of hydrogen-bond donors (Lipinski definition) is 2. The minimum absolute atomic E-state index is 0.00517. The number of aliphatic hydroxyl groups is 1. The first kappa shape index (κ1) is 15.5. The molecule has 4 heteroatoms. The molecule has 0 aliphatic heterocycles. The Balaban J connectivity index is 2.39. The molecule has 0 saturated heterocycles. The third-order valence-corrected chi connectivity index (χ3v) is 3.08. The molecule has 1 aromatic rings. The Hall–Kier alpha value is -1.55. The zero-order valence-corrected chi connectivity index (χ0v) is 11.9. The zero-order chi connectivity index (χ0) is 14.1. The summed E-state index contributed by atoms with van der Waals surface area (Å²) < 4.78 is 0. The summed E-state index contributed by atoms with van der Waals surface area (Å²) in [6, 6.07) is 8.09. The molecule has 1 rings (SSSR count). The number of nitrogens with zero attached hydrogens (tertiary/aromatic N) is 1. The van der Waals surface area contributed by atoms with Gasteiger partial charge in [0.15, 0.2) is 0 Å². The lowest BCUT2D eigenvalue weighted by Gasteiger charge is -2.21. The largest absolute Gasteiger partial charge is 0.395 e. The Morgan fingerprint density at radius 3 is 2.68 bits per heavy atom. The first-order valence-electron chi connectivity index (χ1n) is 6.87. The average molecular weight is 264 g/mol. The van der Waals surface area contributed by atoms with Crippen LogP contribution in [0.4, 0.5) is 4.79 Å². The van der Waals surface area contributed by atoms with Crippen molar-refractivity contribution >= 4 is 6.03 Å². The number of amides is 2. The van der Waals surface area contributed by atoms with Gasteiger partial charge in [0.25, 0.3) is 0 Å². The van der Waals surface area contributed by atoms with Crippen molar-refractivity contribution in [2.24, 2.45) is 0 Å². The van der Waals surface area contributed by atoms with Crippen LogP contribution in [0.3, 0.4) is 0 Å². The lowest BCUT2D eigenvalue weighted by atomic mass is 10.1. The van der Waals surface area contributed by atoms with Crippen molar-refractivity contribution in [2.75, 3.05) is 26.2 Å². The Bertz CT molecular complexity index is 387. The number of aryl methyl sites for hydroxylation is 1. The molecule has 0 atom stereocenters. The lowest BCUT2D eigenvalue weighted by molar-refractivity contribution is 0.177. The second kappa shape index (κ2) is 8.53. The first-order chi connectivity index (χ1) is 9.19. The van der Waals surface area contributed by atoms with Crippen molar-refractivity contribution in [1.82, 2.24) is 10.2 Å². The molecule has 106 valence electrons. The van der Waals surface area contributed by atoms with Crippen LogP contribution < -0.4 is 5.32 Å². The number of aliphatic hydroxyl groups excluding tert-OH is 1. The summed E-state index contributed by atoms with van der Waals surface area (Å²) in [7, 11) is 0. The summed E-state index contributed by atoms with van der Waals surface area (Å²) in [5, 5.41) is 11.8. The maximum Gasteiger partial charge on any atom is 0.317 e. The molecule has 0 aromatic heterocycles. The third-order valence-electron chi connectivity index (χ3n) is 3.08. The topological polar surface area (TPSA) is 52.6 Å². The number of nitrogens with one attached hydrogen (secondary N) is 1. The molecule has 19 heavy (non-hydrogen) atoms. The van der Waals surface area contributed by atoms with Crippen molar-refractivity contribution in [3.8, 4) is 0 Å². The summed E-state index contributed by atoms with van der Waals surface area (Å²) in [5.74, 6) is 0. The maximum absolute atomic E-state index is 11.9. The van der Waals surface area contributed by atoms with Crippen LogP contribution in [-0.2, 0) is 6.42 Å². The summed E-state index contributed by atoms with van der Waals surface area (Å²) in [6.07, 6.45) is 1.72. The first-order valence-corrected chi connectivity index (χ1v) is 6.87. The molecule has 0 fully saturated rings. The predicted octanol–water partition coefficient (Wildman–Crippen LogP) is 1.95. The molecule has 2 N–H and O–H groups in total. The standard InChI is InChI=1S/C15H24N2O2/c1-3-10-17(11-12-18)15(19)16-9-8-14-7-5-4-6-13(14)2/h4-7,18H,3,8-12H2,1-2H3,(H,16,19). The van der Waals surface area contributed by atoms with E-state index in [1.165, 1.54) is 11.1 Å². The SMILES string of the molecule is CCCN(CCO)C(=O)NCCc1ccccc1C. The van der Waals surface area contributed by atoms with Gasteiger partial charge in [0, 0.05) is 19.6 Å². The molecule has 0 spiro atoms. The van der Waals surface area contributed by atoms with E-state index in [-0.39, 0.29) is 12.6 Å². The second-order valence-electron chi connectivity index (χ2n) is 4.62. The van der Waals surface area contributed by atoms with E-state index in [0.29, 0.717) is 19.6 Å². The second-order valence-corrected chi connectivity index (χ2v) is 4.62. The van der Waals surface area contributed by atoms with E-state index >= 15 is 0 Å². The van der Waals surface area contributed by atoms with Gasteiger partial charge in [-0.15, -0.1) is 0 Å². The highest BCUT2D eigenvalue weighted by molar-refractivity contribution is 5.74. The molecular formula is C15H24N2O2. The van der Waals surface area contributed by atoms with E-state index < -0.39 is 0 Å². The summed E-state index contributed by atoms with van der Waals surface area (Å²) in [5.41, 5.74) is 2.50. The smallest absolute Gasteiger partial charge is 0.317 e. The van der Waals surface area contributed by atoms with Crippen LogP contribution in [0.1, 0.15) is 24.5 Å². The van der Waals surface area contributed by atoms with Crippen molar-refractivity contribution in [3.63, 3.8) is 0 Å². The van der Waals surface area contributed by atoms with Crippen LogP contribution in [0.2, 0.25) is 0 Å². The van der Waals surface area contributed by atoms with E-state index in [9.17, 15) is 4.79 Å².